The minimum absolute atomic E-state index is 0.0343. The Morgan fingerprint density at radius 1 is 1.28 bits per heavy atom. The first-order valence-corrected chi connectivity index (χ1v) is 9.02. The van der Waals surface area contributed by atoms with E-state index in [4.69, 9.17) is 4.74 Å². The Hall–Kier alpha value is -2.40. The molecule has 3 heterocycles. The van der Waals surface area contributed by atoms with Crippen LogP contribution in [0.4, 0.5) is 11.4 Å². The van der Waals surface area contributed by atoms with Gasteiger partial charge in [0.2, 0.25) is 0 Å². The normalized spacial score (nSPS) is 19.5. The van der Waals surface area contributed by atoms with E-state index in [0.717, 1.165) is 56.8 Å². The van der Waals surface area contributed by atoms with Crippen LogP contribution < -0.4 is 10.2 Å². The molecule has 1 aromatic heterocycles. The van der Waals surface area contributed by atoms with Gasteiger partial charge in [-0.2, -0.15) is 0 Å². The van der Waals surface area contributed by atoms with Gasteiger partial charge in [0.15, 0.2) is 0 Å². The molecule has 2 aromatic rings. The van der Waals surface area contributed by atoms with E-state index in [1.165, 1.54) is 5.56 Å². The van der Waals surface area contributed by atoms with Gasteiger partial charge in [0.25, 0.3) is 5.91 Å². The first kappa shape index (κ1) is 16.1. The van der Waals surface area contributed by atoms with Crippen molar-refractivity contribution in [1.29, 1.82) is 0 Å². The minimum atomic E-state index is -0.0343. The van der Waals surface area contributed by atoms with Crippen LogP contribution in [-0.2, 0) is 11.2 Å². The van der Waals surface area contributed by atoms with E-state index in [2.05, 4.69) is 16.4 Å². The van der Waals surface area contributed by atoms with Crippen molar-refractivity contribution in [1.82, 2.24) is 4.98 Å². The van der Waals surface area contributed by atoms with Crippen molar-refractivity contribution in [2.45, 2.75) is 31.8 Å². The van der Waals surface area contributed by atoms with E-state index in [9.17, 15) is 4.79 Å². The van der Waals surface area contributed by atoms with Crippen molar-refractivity contribution in [2.24, 2.45) is 0 Å². The summed E-state index contributed by atoms with van der Waals surface area (Å²) in [5.74, 6) is -0.0343. The third-order valence-corrected chi connectivity index (χ3v) is 4.89. The monoisotopic (exact) mass is 337 g/mol. The van der Waals surface area contributed by atoms with Gasteiger partial charge in [-0.1, -0.05) is 18.2 Å². The van der Waals surface area contributed by atoms with Gasteiger partial charge in [0, 0.05) is 37.3 Å². The fourth-order valence-electron chi connectivity index (χ4n) is 3.58. The van der Waals surface area contributed by atoms with Gasteiger partial charge in [-0.25, -0.2) is 0 Å². The second-order valence-electron chi connectivity index (χ2n) is 6.63. The highest BCUT2D eigenvalue weighted by atomic mass is 16.5. The molecule has 1 unspecified atom stereocenters. The molecular weight excluding hydrogens is 314 g/mol. The molecule has 2 aliphatic heterocycles. The number of ether oxygens (including phenoxy) is 1. The zero-order chi connectivity index (χ0) is 17.1. The van der Waals surface area contributed by atoms with Crippen LogP contribution in [-0.4, -0.2) is 36.7 Å². The van der Waals surface area contributed by atoms with E-state index in [1.54, 1.807) is 6.20 Å². The summed E-state index contributed by atoms with van der Waals surface area (Å²) in [6.07, 6.45) is 6.19. The van der Waals surface area contributed by atoms with Crippen LogP contribution in [0.3, 0.4) is 0 Å². The highest BCUT2D eigenvalue weighted by Crippen LogP contribution is 2.28. The van der Waals surface area contributed by atoms with Crippen LogP contribution in [0.15, 0.2) is 42.6 Å². The maximum absolute atomic E-state index is 13.0. The Kier molecular flexibility index (Phi) is 4.65. The maximum Gasteiger partial charge on any atom is 0.276 e. The van der Waals surface area contributed by atoms with Crippen molar-refractivity contribution in [3.05, 3.63) is 53.9 Å². The number of aromatic nitrogens is 1. The number of nitrogens with zero attached hydrogens (tertiary/aromatic N) is 2. The second kappa shape index (κ2) is 7.23. The molecule has 1 saturated heterocycles. The molecule has 0 aliphatic carbocycles. The number of anilines is 2. The van der Waals surface area contributed by atoms with Gasteiger partial charge in [-0.3, -0.25) is 9.78 Å². The maximum atomic E-state index is 13.0. The standard InChI is InChI=1S/C20H23N3O2/c24-20(23-11-3-6-15-5-1-2-8-19(15)23)18-13-16(9-10-21-18)22-14-17-7-4-12-25-17/h1-2,5,8-10,13,17H,3-4,6-7,11-12,14H2,(H,21,22). The van der Waals surface area contributed by atoms with Crippen molar-refractivity contribution in [3.63, 3.8) is 0 Å². The lowest BCUT2D eigenvalue weighted by Crippen LogP contribution is -2.36. The Morgan fingerprint density at radius 2 is 2.20 bits per heavy atom. The number of pyridine rings is 1. The molecule has 5 heteroatoms. The van der Waals surface area contributed by atoms with Gasteiger partial charge in [-0.15, -0.1) is 0 Å². The predicted molar refractivity (Wildman–Crippen MR) is 98.1 cm³/mol. The first-order valence-electron chi connectivity index (χ1n) is 9.02. The van der Waals surface area contributed by atoms with Crippen molar-refractivity contribution in [2.75, 3.05) is 29.9 Å². The summed E-state index contributed by atoms with van der Waals surface area (Å²) in [4.78, 5) is 19.1. The van der Waals surface area contributed by atoms with Crippen LogP contribution in [0.25, 0.3) is 0 Å². The van der Waals surface area contributed by atoms with E-state index >= 15 is 0 Å². The quantitative estimate of drug-likeness (QED) is 0.930. The zero-order valence-corrected chi connectivity index (χ0v) is 14.3. The summed E-state index contributed by atoms with van der Waals surface area (Å²) >= 11 is 0. The van der Waals surface area contributed by atoms with E-state index in [-0.39, 0.29) is 12.0 Å². The average Bonchev–Trinajstić information content (AvgIpc) is 3.19. The lowest BCUT2D eigenvalue weighted by molar-refractivity contribution is 0.0980. The smallest absolute Gasteiger partial charge is 0.276 e. The number of hydrogen-bond donors (Lipinski definition) is 1. The van der Waals surface area contributed by atoms with Gasteiger partial charge >= 0.3 is 0 Å². The number of carbonyl (C=O) groups is 1. The molecule has 1 N–H and O–H groups in total. The third kappa shape index (κ3) is 3.51. The molecule has 0 spiro atoms. The summed E-state index contributed by atoms with van der Waals surface area (Å²) < 4.78 is 5.63. The Labute approximate surface area is 148 Å². The average molecular weight is 337 g/mol. The Morgan fingerprint density at radius 3 is 3.08 bits per heavy atom. The van der Waals surface area contributed by atoms with Crippen LogP contribution in [0, 0.1) is 0 Å². The Balaban J connectivity index is 1.50. The zero-order valence-electron chi connectivity index (χ0n) is 14.3. The van der Waals surface area contributed by atoms with Crippen molar-refractivity contribution in [3.8, 4) is 0 Å². The Bertz CT molecular complexity index is 756. The van der Waals surface area contributed by atoms with E-state index in [0.29, 0.717) is 5.69 Å². The van der Waals surface area contributed by atoms with Gasteiger partial charge in [0.05, 0.1) is 6.10 Å². The number of amides is 1. The third-order valence-electron chi connectivity index (χ3n) is 4.89. The molecule has 0 bridgehead atoms. The minimum Gasteiger partial charge on any atom is -0.382 e. The molecule has 0 radical (unpaired) electrons. The first-order chi connectivity index (χ1) is 12.3. The summed E-state index contributed by atoms with van der Waals surface area (Å²) in [6.45, 7) is 2.36. The molecule has 0 saturated carbocycles. The van der Waals surface area contributed by atoms with Crippen molar-refractivity contribution < 1.29 is 9.53 Å². The number of aryl methyl sites for hydroxylation is 1. The molecule has 1 aromatic carbocycles. The molecule has 130 valence electrons. The summed E-state index contributed by atoms with van der Waals surface area (Å²) in [5, 5.41) is 3.37. The highest BCUT2D eigenvalue weighted by Gasteiger charge is 2.24. The molecule has 5 nitrogen and oxygen atoms in total. The number of fused-ring (bicyclic) bond motifs is 1. The SMILES string of the molecule is O=C(c1cc(NCC2CCCO2)ccn1)N1CCCc2ccccc21. The fraction of sp³-hybridized carbons (Fsp3) is 0.400. The number of rotatable bonds is 4. The van der Waals surface area contributed by atoms with Gasteiger partial charge in [-0.05, 0) is 49.4 Å². The largest absolute Gasteiger partial charge is 0.382 e. The van der Waals surface area contributed by atoms with Crippen LogP contribution >= 0.6 is 0 Å². The van der Waals surface area contributed by atoms with Crippen LogP contribution in [0.1, 0.15) is 35.3 Å². The summed E-state index contributed by atoms with van der Waals surface area (Å²) in [7, 11) is 0. The molecular formula is C20H23N3O2. The van der Waals surface area contributed by atoms with Gasteiger partial charge < -0.3 is 15.0 Å². The number of para-hydroxylation sites is 1. The molecule has 4 rings (SSSR count). The fourth-order valence-corrected chi connectivity index (χ4v) is 3.58. The molecule has 25 heavy (non-hydrogen) atoms. The van der Waals surface area contributed by atoms with E-state index in [1.807, 2.05) is 35.2 Å². The van der Waals surface area contributed by atoms with Crippen LogP contribution in [0.2, 0.25) is 0 Å². The number of nitrogens with one attached hydrogen (secondary N) is 1. The predicted octanol–water partition coefficient (Wildman–Crippen LogP) is 3.27. The number of benzene rings is 1. The second-order valence-corrected chi connectivity index (χ2v) is 6.63. The van der Waals surface area contributed by atoms with Crippen molar-refractivity contribution >= 4 is 17.3 Å². The number of hydrogen-bond acceptors (Lipinski definition) is 4. The molecule has 1 fully saturated rings. The summed E-state index contributed by atoms with van der Waals surface area (Å²) in [6, 6.07) is 11.9. The lowest BCUT2D eigenvalue weighted by atomic mass is 10.0. The number of carbonyl (C=O) groups excluding carboxylic acids is 1. The summed E-state index contributed by atoms with van der Waals surface area (Å²) in [5.41, 5.74) is 3.64. The highest BCUT2D eigenvalue weighted by molar-refractivity contribution is 6.05. The molecule has 2 aliphatic rings. The van der Waals surface area contributed by atoms with Gasteiger partial charge in [0.1, 0.15) is 5.69 Å². The lowest BCUT2D eigenvalue weighted by Gasteiger charge is -2.29. The molecule has 1 amide bonds. The van der Waals surface area contributed by atoms with Crippen LogP contribution in [0.5, 0.6) is 0 Å². The molecule has 1 atom stereocenters. The topological polar surface area (TPSA) is 54.5 Å². The van der Waals surface area contributed by atoms with E-state index < -0.39 is 0 Å².